The summed E-state index contributed by atoms with van der Waals surface area (Å²) in [6.45, 7) is 6.60. The predicted octanol–water partition coefficient (Wildman–Crippen LogP) is 6.02. The van der Waals surface area contributed by atoms with Gasteiger partial charge in [0.1, 0.15) is 5.75 Å². The van der Waals surface area contributed by atoms with E-state index in [0.717, 1.165) is 55.4 Å². The van der Waals surface area contributed by atoms with Crippen LogP contribution < -0.4 is 13.7 Å². The Morgan fingerprint density at radius 2 is 1.68 bits per heavy atom. The maximum absolute atomic E-state index is 12.2. The Morgan fingerprint density at radius 3 is 2.34 bits per heavy atom. The minimum absolute atomic E-state index is 0.0328. The monoisotopic (exact) mass is 548 g/mol. The molecule has 2 rings (SSSR count). The van der Waals surface area contributed by atoms with Gasteiger partial charge in [0.05, 0.1) is 26.1 Å². The fourth-order valence-corrected chi connectivity index (χ4v) is 4.86. The third-order valence-electron chi connectivity index (χ3n) is 5.76. The average molecular weight is 549 g/mol. The Morgan fingerprint density at radius 1 is 0.921 bits per heavy atom. The molecule has 1 N–H and O–H groups in total. The van der Waals surface area contributed by atoms with Crippen LogP contribution >= 0.6 is 0 Å². The van der Waals surface area contributed by atoms with Gasteiger partial charge in [-0.1, -0.05) is 44.9 Å². The minimum atomic E-state index is -3.67. The van der Waals surface area contributed by atoms with Gasteiger partial charge in [0.2, 0.25) is 5.76 Å². The molecular formula is C29H40O8S. The first kappa shape index (κ1) is 31.0. The number of methoxy groups -OCH3 is 1. The molecule has 0 atom stereocenters. The normalized spacial score (nSPS) is 11.7. The van der Waals surface area contributed by atoms with E-state index in [0.29, 0.717) is 24.3 Å². The molecule has 0 saturated carbocycles. The third kappa shape index (κ3) is 10.3. The summed E-state index contributed by atoms with van der Waals surface area (Å²) in [5.74, 6) is 0.0388. The van der Waals surface area contributed by atoms with E-state index in [4.69, 9.17) is 18.4 Å². The topological polar surface area (TPSA) is 108 Å². The van der Waals surface area contributed by atoms with Gasteiger partial charge in [0.15, 0.2) is 11.5 Å². The number of carboxylic acid groups (broad SMARTS) is 1. The summed E-state index contributed by atoms with van der Waals surface area (Å²) in [5, 5.41) is 9.36. The molecule has 0 amide bonds. The number of unbranched alkanes of at least 4 members (excludes halogenated alkanes) is 2. The van der Waals surface area contributed by atoms with Crippen molar-refractivity contribution >= 4 is 22.2 Å². The van der Waals surface area contributed by atoms with Crippen LogP contribution in [-0.4, -0.2) is 45.6 Å². The summed E-state index contributed by atoms with van der Waals surface area (Å²) in [6, 6.07) is 11.0. The molecule has 0 aliphatic carbocycles. The SMILES string of the molecule is CCCCOc1cc(/C=C(\OCC)C(=O)O)ccc1CCCc1ccc(OS(=O)(=O)CCCC)c(OC)c1. The van der Waals surface area contributed by atoms with Crippen LogP contribution in [0.25, 0.3) is 6.08 Å². The average Bonchev–Trinajstić information content (AvgIpc) is 2.89. The van der Waals surface area contributed by atoms with Gasteiger partial charge in [-0.15, -0.1) is 0 Å². The second-order valence-electron chi connectivity index (χ2n) is 8.85. The van der Waals surface area contributed by atoms with Crippen molar-refractivity contribution in [2.45, 2.75) is 65.7 Å². The predicted molar refractivity (Wildman–Crippen MR) is 148 cm³/mol. The number of hydrogen-bond acceptors (Lipinski definition) is 7. The molecule has 38 heavy (non-hydrogen) atoms. The van der Waals surface area contributed by atoms with Crippen LogP contribution in [0, 0.1) is 0 Å². The van der Waals surface area contributed by atoms with Crippen molar-refractivity contribution < 1.29 is 36.7 Å². The molecule has 0 heterocycles. The van der Waals surface area contributed by atoms with Crippen LogP contribution in [0.2, 0.25) is 0 Å². The van der Waals surface area contributed by atoms with Crippen molar-refractivity contribution in [1.82, 2.24) is 0 Å². The Balaban J connectivity index is 2.14. The van der Waals surface area contributed by atoms with Crippen molar-refractivity contribution in [3.05, 3.63) is 58.8 Å². The fraction of sp³-hybridized carbons (Fsp3) is 0.483. The zero-order valence-electron chi connectivity index (χ0n) is 22.8. The molecule has 2 aromatic rings. The Labute approximate surface area is 226 Å². The van der Waals surface area contributed by atoms with Crippen LogP contribution in [0.1, 0.15) is 69.6 Å². The van der Waals surface area contributed by atoms with Gasteiger partial charge in [-0.2, -0.15) is 8.42 Å². The Hall–Kier alpha value is -3.20. The standard InChI is InChI=1S/C29H40O8S/c1-5-8-17-36-26-20-23(21-28(29(30)31)35-7-3)13-15-24(26)12-10-11-22-14-16-25(27(19-22)34-4)37-38(32,33)18-9-6-2/h13-16,19-21H,5-12,17-18H2,1-4H3,(H,30,31)/b28-21-. The van der Waals surface area contributed by atoms with Gasteiger partial charge in [-0.3, -0.25) is 0 Å². The number of rotatable bonds is 18. The second kappa shape index (κ2) is 15.9. The van der Waals surface area contributed by atoms with E-state index in [1.54, 1.807) is 19.1 Å². The van der Waals surface area contributed by atoms with Crippen molar-refractivity contribution in [2.75, 3.05) is 26.1 Å². The fourth-order valence-electron chi connectivity index (χ4n) is 3.72. The lowest BCUT2D eigenvalue weighted by molar-refractivity contribution is -0.136. The largest absolute Gasteiger partial charge is 0.493 e. The van der Waals surface area contributed by atoms with Gasteiger partial charge in [-0.05, 0) is 80.0 Å². The van der Waals surface area contributed by atoms with Crippen LogP contribution in [0.4, 0.5) is 0 Å². The van der Waals surface area contributed by atoms with E-state index in [1.165, 1.54) is 13.2 Å². The number of carbonyl (C=O) groups is 1. The van der Waals surface area contributed by atoms with E-state index in [1.807, 2.05) is 31.2 Å². The van der Waals surface area contributed by atoms with Gasteiger partial charge < -0.3 is 23.5 Å². The summed E-state index contributed by atoms with van der Waals surface area (Å²) < 4.78 is 46.3. The van der Waals surface area contributed by atoms with Crippen molar-refractivity contribution in [1.29, 1.82) is 0 Å². The number of hydrogen-bond donors (Lipinski definition) is 1. The molecule has 0 fully saturated rings. The molecule has 8 nitrogen and oxygen atoms in total. The van der Waals surface area contributed by atoms with Crippen LogP contribution in [-0.2, 0) is 32.5 Å². The summed E-state index contributed by atoms with van der Waals surface area (Å²) in [4.78, 5) is 11.4. The lowest BCUT2D eigenvalue weighted by Crippen LogP contribution is -2.14. The minimum Gasteiger partial charge on any atom is -0.493 e. The first-order valence-electron chi connectivity index (χ1n) is 13.2. The first-order chi connectivity index (χ1) is 18.2. The third-order valence-corrected chi connectivity index (χ3v) is 6.98. The Kier molecular flexibility index (Phi) is 13.0. The maximum Gasteiger partial charge on any atom is 0.371 e. The zero-order chi connectivity index (χ0) is 28.0. The lowest BCUT2D eigenvalue weighted by Gasteiger charge is -2.14. The number of aryl methyl sites for hydroxylation is 2. The van der Waals surface area contributed by atoms with Crippen molar-refractivity contribution in [3.8, 4) is 17.2 Å². The van der Waals surface area contributed by atoms with E-state index in [2.05, 4.69) is 6.92 Å². The number of aliphatic carboxylic acids is 1. The molecule has 9 heteroatoms. The van der Waals surface area contributed by atoms with Crippen molar-refractivity contribution in [2.24, 2.45) is 0 Å². The second-order valence-corrected chi connectivity index (χ2v) is 10.5. The highest BCUT2D eigenvalue weighted by Gasteiger charge is 2.16. The molecule has 0 spiro atoms. The van der Waals surface area contributed by atoms with E-state index >= 15 is 0 Å². The number of ether oxygens (including phenoxy) is 3. The molecule has 210 valence electrons. The smallest absolute Gasteiger partial charge is 0.371 e. The molecule has 0 saturated heterocycles. The molecular weight excluding hydrogens is 508 g/mol. The Bertz CT molecular complexity index is 1170. The van der Waals surface area contributed by atoms with Gasteiger partial charge in [0, 0.05) is 0 Å². The molecule has 0 bridgehead atoms. The molecule has 2 aromatic carbocycles. The molecule has 0 unspecified atom stereocenters. The number of benzene rings is 2. The van der Waals surface area contributed by atoms with Gasteiger partial charge in [0.25, 0.3) is 0 Å². The molecule has 0 aliphatic heterocycles. The van der Waals surface area contributed by atoms with Crippen LogP contribution in [0.5, 0.6) is 17.2 Å². The van der Waals surface area contributed by atoms with Crippen LogP contribution in [0.3, 0.4) is 0 Å². The quantitative estimate of drug-likeness (QED) is 0.104. The first-order valence-corrected chi connectivity index (χ1v) is 14.7. The summed E-state index contributed by atoms with van der Waals surface area (Å²) >= 11 is 0. The highest BCUT2D eigenvalue weighted by molar-refractivity contribution is 7.87. The summed E-state index contributed by atoms with van der Waals surface area (Å²) in [5.41, 5.74) is 2.72. The van der Waals surface area contributed by atoms with E-state index in [-0.39, 0.29) is 23.9 Å². The zero-order valence-corrected chi connectivity index (χ0v) is 23.6. The van der Waals surface area contributed by atoms with E-state index in [9.17, 15) is 18.3 Å². The van der Waals surface area contributed by atoms with Crippen LogP contribution in [0.15, 0.2) is 42.2 Å². The molecule has 0 aromatic heterocycles. The molecule has 0 aliphatic rings. The molecule has 0 radical (unpaired) electrons. The highest BCUT2D eigenvalue weighted by atomic mass is 32.2. The summed E-state index contributed by atoms with van der Waals surface area (Å²) in [6.07, 6.45) is 7.03. The van der Waals surface area contributed by atoms with Gasteiger partial charge in [-0.25, -0.2) is 4.79 Å². The summed E-state index contributed by atoms with van der Waals surface area (Å²) in [7, 11) is -2.18. The van der Waals surface area contributed by atoms with Gasteiger partial charge >= 0.3 is 16.1 Å². The lowest BCUT2D eigenvalue weighted by atomic mass is 10.0. The van der Waals surface area contributed by atoms with E-state index < -0.39 is 16.1 Å². The van der Waals surface area contributed by atoms with Crippen molar-refractivity contribution in [3.63, 3.8) is 0 Å². The highest BCUT2D eigenvalue weighted by Crippen LogP contribution is 2.31. The number of carboxylic acids is 1. The maximum atomic E-state index is 12.2.